The van der Waals surface area contributed by atoms with Crippen LogP contribution in [-0.4, -0.2) is 17.2 Å². The molecule has 1 aromatic carbocycles. The normalized spacial score (nSPS) is 21.4. The van der Waals surface area contributed by atoms with Crippen LogP contribution >= 0.6 is 23.1 Å². The van der Waals surface area contributed by atoms with E-state index < -0.39 is 0 Å². The summed E-state index contributed by atoms with van der Waals surface area (Å²) in [5, 5.41) is 4.74. The highest BCUT2D eigenvalue weighted by Crippen LogP contribution is 2.47. The summed E-state index contributed by atoms with van der Waals surface area (Å²) in [5.74, 6) is 1.63. The zero-order chi connectivity index (χ0) is 20.8. The molecule has 0 bridgehead atoms. The van der Waals surface area contributed by atoms with Crippen molar-refractivity contribution < 1.29 is 4.79 Å². The number of nitrogens with zero attached hydrogens (tertiary/aromatic N) is 1. The fraction of sp³-hybridized carbons (Fsp3) is 0.458. The van der Waals surface area contributed by atoms with Crippen LogP contribution in [0.1, 0.15) is 54.9 Å². The quantitative estimate of drug-likeness (QED) is 0.562. The van der Waals surface area contributed by atoms with Crippen molar-refractivity contribution in [3.63, 3.8) is 0 Å². The lowest BCUT2D eigenvalue weighted by Crippen LogP contribution is -2.47. The van der Waals surface area contributed by atoms with Crippen molar-refractivity contribution in [1.29, 1.82) is 0 Å². The second-order valence-electron chi connectivity index (χ2n) is 9.29. The van der Waals surface area contributed by atoms with Crippen LogP contribution in [0, 0.1) is 11.3 Å². The number of carbonyl (C=O) groups excluding carboxylic acids is 1. The molecule has 1 aromatic heterocycles. The molecule has 0 spiro atoms. The van der Waals surface area contributed by atoms with Crippen LogP contribution in [0.25, 0.3) is 0 Å². The molecule has 3 nitrogen and oxygen atoms in total. The summed E-state index contributed by atoms with van der Waals surface area (Å²) < 4.78 is 0. The van der Waals surface area contributed by atoms with Crippen molar-refractivity contribution >= 4 is 39.7 Å². The van der Waals surface area contributed by atoms with Crippen molar-refractivity contribution in [2.24, 2.45) is 11.3 Å². The number of nitrogens with one attached hydrogen (secondary N) is 1. The summed E-state index contributed by atoms with van der Waals surface area (Å²) in [5.41, 5.74) is 4.43. The predicted octanol–water partition coefficient (Wildman–Crippen LogP) is 6.56. The number of thioether (sulfide) groups is 1. The fourth-order valence-corrected chi connectivity index (χ4v) is 6.66. The monoisotopic (exact) mass is 426 g/mol. The zero-order valence-electron chi connectivity index (χ0n) is 17.7. The van der Waals surface area contributed by atoms with E-state index in [1.807, 2.05) is 42.2 Å². The zero-order valence-corrected chi connectivity index (χ0v) is 19.4. The van der Waals surface area contributed by atoms with Gasteiger partial charge < -0.3 is 5.32 Å². The van der Waals surface area contributed by atoms with Gasteiger partial charge in [-0.1, -0.05) is 51.1 Å². The summed E-state index contributed by atoms with van der Waals surface area (Å²) in [6.07, 6.45) is 3.25. The summed E-state index contributed by atoms with van der Waals surface area (Å²) >= 11 is 3.53. The molecule has 0 saturated heterocycles. The third kappa shape index (κ3) is 3.99. The van der Waals surface area contributed by atoms with Gasteiger partial charge in [-0.2, -0.15) is 0 Å². The van der Waals surface area contributed by atoms with Gasteiger partial charge in [0.25, 0.3) is 5.91 Å². The van der Waals surface area contributed by atoms with Gasteiger partial charge in [-0.15, -0.1) is 23.1 Å². The predicted molar refractivity (Wildman–Crippen MR) is 127 cm³/mol. The van der Waals surface area contributed by atoms with Gasteiger partial charge in [0.1, 0.15) is 5.00 Å². The van der Waals surface area contributed by atoms with E-state index >= 15 is 0 Å². The average molecular weight is 427 g/mol. The lowest BCUT2D eigenvalue weighted by atomic mass is 9.72. The van der Waals surface area contributed by atoms with Crippen LogP contribution in [0.3, 0.4) is 0 Å². The molecular weight excluding hydrogens is 396 g/mol. The van der Waals surface area contributed by atoms with Crippen LogP contribution in [0.15, 0.2) is 42.5 Å². The molecule has 1 aliphatic heterocycles. The van der Waals surface area contributed by atoms with Crippen LogP contribution in [0.2, 0.25) is 0 Å². The van der Waals surface area contributed by atoms with Gasteiger partial charge in [0.05, 0.1) is 5.56 Å². The summed E-state index contributed by atoms with van der Waals surface area (Å²) in [7, 11) is 0. The first kappa shape index (κ1) is 20.5. The summed E-state index contributed by atoms with van der Waals surface area (Å²) in [6, 6.07) is 10.0. The van der Waals surface area contributed by atoms with Gasteiger partial charge >= 0.3 is 0 Å². The molecule has 2 aromatic rings. The number of amides is 1. The Hall–Kier alpha value is -1.72. The number of para-hydroxylation sites is 1. The van der Waals surface area contributed by atoms with Gasteiger partial charge in [-0.3, -0.25) is 9.69 Å². The first-order valence-corrected chi connectivity index (χ1v) is 12.2. The van der Waals surface area contributed by atoms with E-state index in [1.54, 1.807) is 23.1 Å². The lowest BCUT2D eigenvalue weighted by molar-refractivity contribution is 0.0982. The Bertz CT molecular complexity index is 926. The van der Waals surface area contributed by atoms with Crippen molar-refractivity contribution in [2.45, 2.75) is 52.5 Å². The fourth-order valence-electron chi connectivity index (χ4n) is 4.24. The van der Waals surface area contributed by atoms with Crippen LogP contribution in [0.5, 0.6) is 0 Å². The first-order chi connectivity index (χ1) is 13.8. The molecule has 1 amide bonds. The SMILES string of the molecule is C=C(C)CSC1Nc2sc3c(c2C(=O)N1c1ccccc1)CCC(C(C)(C)C)C3. The van der Waals surface area contributed by atoms with E-state index in [9.17, 15) is 4.79 Å². The highest BCUT2D eigenvalue weighted by Gasteiger charge is 2.40. The van der Waals surface area contributed by atoms with E-state index in [1.165, 1.54) is 10.4 Å². The van der Waals surface area contributed by atoms with Crippen molar-refractivity contribution in [1.82, 2.24) is 0 Å². The Morgan fingerprint density at radius 3 is 2.69 bits per heavy atom. The van der Waals surface area contributed by atoms with Gasteiger partial charge in [-0.05, 0) is 55.2 Å². The third-order valence-corrected chi connectivity index (χ3v) is 8.42. The molecule has 0 radical (unpaired) electrons. The molecular formula is C24H30N2OS2. The van der Waals surface area contributed by atoms with Crippen molar-refractivity contribution in [3.8, 4) is 0 Å². The standard InChI is InChI=1S/C24H30N2OS2/c1-15(2)14-28-23-25-21-20(22(27)26(23)17-9-7-6-8-10-17)18-12-11-16(24(3,4)5)13-19(18)29-21/h6-10,16,23,25H,1,11-14H2,2-5H3. The van der Waals surface area contributed by atoms with Gasteiger partial charge in [-0.25, -0.2) is 0 Å². The van der Waals surface area contributed by atoms with Crippen molar-refractivity contribution in [2.75, 3.05) is 16.0 Å². The molecule has 5 heteroatoms. The number of fused-ring (bicyclic) bond motifs is 3. The maximum absolute atomic E-state index is 13.7. The Labute approximate surface area is 182 Å². The largest absolute Gasteiger partial charge is 0.347 e. The van der Waals surface area contributed by atoms with E-state index in [0.717, 1.165) is 46.8 Å². The molecule has 29 heavy (non-hydrogen) atoms. The third-order valence-electron chi connectivity index (χ3n) is 5.93. The molecule has 2 aliphatic rings. The minimum Gasteiger partial charge on any atom is -0.347 e. The molecule has 1 N–H and O–H groups in total. The maximum atomic E-state index is 13.7. The second-order valence-corrected chi connectivity index (χ2v) is 11.5. The summed E-state index contributed by atoms with van der Waals surface area (Å²) in [6.45, 7) is 13.1. The van der Waals surface area contributed by atoms with Crippen LogP contribution in [0.4, 0.5) is 10.7 Å². The molecule has 2 unspecified atom stereocenters. The first-order valence-electron chi connectivity index (χ1n) is 10.3. The highest BCUT2D eigenvalue weighted by molar-refractivity contribution is 8.00. The molecule has 1 aliphatic carbocycles. The summed E-state index contributed by atoms with van der Waals surface area (Å²) in [4.78, 5) is 17.1. The molecule has 154 valence electrons. The molecule has 2 heterocycles. The average Bonchev–Trinajstić information content (AvgIpc) is 3.04. The Morgan fingerprint density at radius 2 is 2.03 bits per heavy atom. The second kappa shape index (κ2) is 7.84. The topological polar surface area (TPSA) is 32.3 Å². The molecule has 4 rings (SSSR count). The van der Waals surface area contributed by atoms with Crippen LogP contribution in [-0.2, 0) is 12.8 Å². The molecule has 2 atom stereocenters. The Balaban J connectivity index is 1.71. The molecule has 0 fully saturated rings. The van der Waals surface area contributed by atoms with Crippen molar-refractivity contribution in [3.05, 3.63) is 58.5 Å². The van der Waals surface area contributed by atoms with E-state index in [0.29, 0.717) is 11.3 Å². The van der Waals surface area contributed by atoms with Gasteiger partial charge in [0, 0.05) is 16.3 Å². The molecule has 0 saturated carbocycles. The smallest absolute Gasteiger partial charge is 0.263 e. The number of thiophene rings is 1. The van der Waals surface area contributed by atoms with E-state index in [-0.39, 0.29) is 11.4 Å². The number of benzene rings is 1. The Kier molecular flexibility index (Phi) is 5.56. The Morgan fingerprint density at radius 1 is 1.31 bits per heavy atom. The minimum atomic E-state index is -0.118. The minimum absolute atomic E-state index is 0.118. The van der Waals surface area contributed by atoms with Gasteiger partial charge in [0.15, 0.2) is 5.50 Å². The van der Waals surface area contributed by atoms with Crippen LogP contribution < -0.4 is 10.2 Å². The highest BCUT2D eigenvalue weighted by atomic mass is 32.2. The van der Waals surface area contributed by atoms with E-state index in [2.05, 4.69) is 32.7 Å². The number of carbonyl (C=O) groups is 1. The van der Waals surface area contributed by atoms with E-state index in [4.69, 9.17) is 0 Å². The number of hydrogen-bond acceptors (Lipinski definition) is 4. The number of hydrogen-bond donors (Lipinski definition) is 1. The number of rotatable bonds is 4. The maximum Gasteiger partial charge on any atom is 0.263 e. The lowest BCUT2D eigenvalue weighted by Gasteiger charge is -2.37. The number of anilines is 2. The van der Waals surface area contributed by atoms with Gasteiger partial charge in [0.2, 0.25) is 0 Å².